The predicted octanol–water partition coefficient (Wildman–Crippen LogP) is 11.2. The molecule has 0 rings (SSSR count). The van der Waals surface area contributed by atoms with Crippen LogP contribution in [0.5, 0.6) is 0 Å². The van der Waals surface area contributed by atoms with E-state index in [1.54, 1.807) is 0 Å². The van der Waals surface area contributed by atoms with Gasteiger partial charge >= 0.3 is 11.9 Å². The topological polar surface area (TPSA) is 92.7 Å². The van der Waals surface area contributed by atoms with Crippen molar-refractivity contribution in [1.82, 2.24) is 5.32 Å². The second kappa shape index (κ2) is 34.3. The Labute approximate surface area is 272 Å². The van der Waals surface area contributed by atoms with E-state index >= 15 is 0 Å². The summed E-state index contributed by atoms with van der Waals surface area (Å²) in [7, 11) is 0. The van der Waals surface area contributed by atoms with Gasteiger partial charge in [-0.15, -0.1) is 0 Å². The highest BCUT2D eigenvalue weighted by Crippen LogP contribution is 2.15. The maximum Gasteiger partial charge on any atom is 0.328 e. The quantitative estimate of drug-likeness (QED) is 0.0541. The Morgan fingerprint density at radius 2 is 0.841 bits per heavy atom. The Hall–Kier alpha value is -1.59. The summed E-state index contributed by atoms with van der Waals surface area (Å²) in [6, 6.07) is -0.878. The molecule has 0 heterocycles. The first-order valence-corrected chi connectivity index (χ1v) is 19.2. The second-order valence-corrected chi connectivity index (χ2v) is 13.2. The molecule has 260 valence electrons. The lowest BCUT2D eigenvalue weighted by Gasteiger charge is -2.17. The van der Waals surface area contributed by atoms with E-state index in [-0.39, 0.29) is 18.7 Å². The average molecular weight is 624 g/mol. The molecule has 0 radical (unpaired) electrons. The van der Waals surface area contributed by atoms with E-state index in [1.165, 1.54) is 141 Å². The number of aliphatic carboxylic acids is 1. The third-order valence-corrected chi connectivity index (χ3v) is 8.77. The number of rotatable bonds is 35. The van der Waals surface area contributed by atoms with E-state index in [2.05, 4.69) is 19.2 Å². The molecule has 0 saturated heterocycles. The fraction of sp³-hybridized carbons (Fsp3) is 0.921. The number of unbranched alkanes of at least 4 members (excludes halogenated alkanes) is 26. The number of carbonyl (C=O) groups excluding carboxylic acids is 2. The lowest BCUT2D eigenvalue weighted by Crippen LogP contribution is -2.42. The fourth-order valence-corrected chi connectivity index (χ4v) is 5.83. The zero-order chi connectivity index (χ0) is 32.4. The minimum absolute atomic E-state index is 0.0667. The van der Waals surface area contributed by atoms with Crippen molar-refractivity contribution in [2.45, 2.75) is 219 Å². The maximum absolute atomic E-state index is 12.6. The summed E-state index contributed by atoms with van der Waals surface area (Å²) in [4.78, 5) is 36.1. The van der Waals surface area contributed by atoms with Crippen molar-refractivity contribution in [3.05, 3.63) is 0 Å². The van der Waals surface area contributed by atoms with Crippen LogP contribution in [0.15, 0.2) is 0 Å². The van der Waals surface area contributed by atoms with Crippen molar-refractivity contribution >= 4 is 17.8 Å². The van der Waals surface area contributed by atoms with Crippen LogP contribution in [0.2, 0.25) is 0 Å². The molecule has 0 unspecified atom stereocenters. The molecule has 0 bridgehead atoms. The zero-order valence-corrected chi connectivity index (χ0v) is 29.3. The van der Waals surface area contributed by atoms with Gasteiger partial charge in [-0.25, -0.2) is 4.79 Å². The molecule has 0 aromatic rings. The van der Waals surface area contributed by atoms with Gasteiger partial charge in [0.1, 0.15) is 6.04 Å². The monoisotopic (exact) mass is 624 g/mol. The van der Waals surface area contributed by atoms with Crippen LogP contribution in [0.4, 0.5) is 0 Å². The Bertz CT molecular complexity index is 653. The van der Waals surface area contributed by atoms with E-state index in [9.17, 15) is 14.4 Å². The number of ether oxygens (including phenoxy) is 1. The third kappa shape index (κ3) is 31.8. The van der Waals surface area contributed by atoms with E-state index < -0.39 is 18.0 Å². The fourth-order valence-electron chi connectivity index (χ4n) is 5.83. The number of carboxylic acids is 1. The second-order valence-electron chi connectivity index (χ2n) is 13.2. The molecule has 1 amide bonds. The highest BCUT2D eigenvalue weighted by Gasteiger charge is 2.23. The number of nitrogens with one attached hydrogen (secondary N) is 1. The largest absolute Gasteiger partial charge is 0.481 e. The van der Waals surface area contributed by atoms with Gasteiger partial charge in [-0.05, 0) is 19.3 Å². The molecule has 6 heteroatoms. The Balaban J connectivity index is 3.81. The van der Waals surface area contributed by atoms with Gasteiger partial charge < -0.3 is 15.2 Å². The van der Waals surface area contributed by atoms with E-state index in [4.69, 9.17) is 9.84 Å². The minimum atomic E-state index is -0.976. The van der Waals surface area contributed by atoms with Gasteiger partial charge in [0.2, 0.25) is 5.91 Å². The molecule has 0 fully saturated rings. The van der Waals surface area contributed by atoms with Crippen LogP contribution < -0.4 is 5.32 Å². The van der Waals surface area contributed by atoms with Gasteiger partial charge in [-0.3, -0.25) is 9.59 Å². The van der Waals surface area contributed by atoms with Gasteiger partial charge in [0.25, 0.3) is 0 Å². The van der Waals surface area contributed by atoms with Gasteiger partial charge in [0.15, 0.2) is 0 Å². The van der Waals surface area contributed by atoms with Crippen LogP contribution in [0, 0.1) is 0 Å². The van der Waals surface area contributed by atoms with Crippen molar-refractivity contribution in [2.24, 2.45) is 0 Å². The molecular formula is C38H73NO5. The first kappa shape index (κ1) is 42.4. The summed E-state index contributed by atoms with van der Waals surface area (Å²) in [5.41, 5.74) is 0. The molecule has 1 atom stereocenters. The summed E-state index contributed by atoms with van der Waals surface area (Å²) < 4.78 is 5.41. The van der Waals surface area contributed by atoms with E-state index in [0.29, 0.717) is 13.0 Å². The van der Waals surface area contributed by atoms with Gasteiger partial charge in [0, 0.05) is 12.8 Å². The van der Waals surface area contributed by atoms with Crippen molar-refractivity contribution in [3.8, 4) is 0 Å². The molecule has 6 nitrogen and oxygen atoms in total. The van der Waals surface area contributed by atoms with Crippen LogP contribution >= 0.6 is 0 Å². The lowest BCUT2D eigenvalue weighted by molar-refractivity contribution is -0.148. The highest BCUT2D eigenvalue weighted by molar-refractivity contribution is 5.84. The van der Waals surface area contributed by atoms with Crippen molar-refractivity contribution in [3.63, 3.8) is 0 Å². The molecule has 0 aromatic heterocycles. The van der Waals surface area contributed by atoms with Crippen LogP contribution in [0.1, 0.15) is 213 Å². The number of carbonyl (C=O) groups is 3. The van der Waals surface area contributed by atoms with Crippen molar-refractivity contribution in [2.75, 3.05) is 6.61 Å². The Morgan fingerprint density at radius 1 is 0.500 bits per heavy atom. The first-order valence-electron chi connectivity index (χ1n) is 19.2. The molecule has 0 aliphatic rings. The molecular weight excluding hydrogens is 550 g/mol. The number of hydrogen-bond donors (Lipinski definition) is 2. The number of carboxylic acid groups (broad SMARTS) is 1. The van der Waals surface area contributed by atoms with Crippen LogP contribution in [-0.4, -0.2) is 35.6 Å². The molecule has 44 heavy (non-hydrogen) atoms. The summed E-state index contributed by atoms with van der Waals surface area (Å²) in [5, 5.41) is 11.8. The first-order chi connectivity index (χ1) is 21.5. The molecule has 0 aliphatic heterocycles. The minimum Gasteiger partial charge on any atom is -0.481 e. The van der Waals surface area contributed by atoms with Gasteiger partial charge in [-0.1, -0.05) is 181 Å². The summed E-state index contributed by atoms with van der Waals surface area (Å²) in [6.45, 7) is 4.84. The molecule has 0 aliphatic carbocycles. The van der Waals surface area contributed by atoms with Gasteiger partial charge in [0.05, 0.1) is 6.61 Å². The predicted molar refractivity (Wildman–Crippen MR) is 185 cm³/mol. The summed E-state index contributed by atoms with van der Waals surface area (Å²) >= 11 is 0. The van der Waals surface area contributed by atoms with Crippen molar-refractivity contribution in [1.29, 1.82) is 0 Å². The normalized spacial score (nSPS) is 11.9. The van der Waals surface area contributed by atoms with Crippen LogP contribution in [0.25, 0.3) is 0 Å². The molecule has 2 N–H and O–H groups in total. The molecule has 0 aromatic carbocycles. The SMILES string of the molecule is CCCCCCCCCCCCCCCCCCCC(=O)N[C@@H](CCC(=O)O)C(=O)OCCCCCCCCCCCCC. The number of esters is 1. The Morgan fingerprint density at radius 3 is 1.20 bits per heavy atom. The highest BCUT2D eigenvalue weighted by atomic mass is 16.5. The lowest BCUT2D eigenvalue weighted by atomic mass is 10.0. The smallest absolute Gasteiger partial charge is 0.328 e. The van der Waals surface area contributed by atoms with E-state index in [1.807, 2.05) is 0 Å². The molecule has 0 spiro atoms. The zero-order valence-electron chi connectivity index (χ0n) is 29.3. The summed E-state index contributed by atoms with van der Waals surface area (Å²) in [6.07, 6.45) is 35.7. The standard InChI is InChI=1S/C38H73NO5/c1-3-5-7-9-11-13-15-16-17-18-19-20-21-23-25-27-29-31-36(40)39-35(32-33-37(41)42)38(43)44-34-30-28-26-24-22-14-12-10-8-6-4-2/h35H,3-34H2,1-2H3,(H,39,40)(H,41,42)/t35-/m0/s1. The van der Waals surface area contributed by atoms with Crippen LogP contribution in [0.3, 0.4) is 0 Å². The van der Waals surface area contributed by atoms with E-state index in [0.717, 1.165) is 38.5 Å². The average Bonchev–Trinajstić information content (AvgIpc) is 3.01. The summed E-state index contributed by atoms with van der Waals surface area (Å²) in [5.74, 6) is -1.67. The van der Waals surface area contributed by atoms with Gasteiger partial charge in [-0.2, -0.15) is 0 Å². The molecule has 0 saturated carbocycles. The van der Waals surface area contributed by atoms with Crippen molar-refractivity contribution < 1.29 is 24.2 Å². The van der Waals surface area contributed by atoms with Crippen LogP contribution in [-0.2, 0) is 19.1 Å². The maximum atomic E-state index is 12.6. The Kier molecular flexibility index (Phi) is 33.0. The number of hydrogen-bond acceptors (Lipinski definition) is 4. The third-order valence-electron chi connectivity index (χ3n) is 8.77. The number of amides is 1.